The third kappa shape index (κ3) is 1.65. The number of rotatable bonds is 0. The first-order valence-electron chi connectivity index (χ1n) is 4.66. The summed E-state index contributed by atoms with van der Waals surface area (Å²) in [4.78, 5) is 0. The minimum absolute atomic E-state index is 0. The number of aliphatic hydroxyl groups is 1. The molecule has 0 fully saturated rings. The highest BCUT2D eigenvalue weighted by atomic mass is 35.5. The third-order valence-electron chi connectivity index (χ3n) is 2.65. The predicted octanol–water partition coefficient (Wildman–Crippen LogP) is 0.974. The molecule has 1 aromatic rings. The number of aliphatic hydroxyl groups excluding tert-OH is 1. The Labute approximate surface area is 93.6 Å². The Balaban J connectivity index is 0.000000853. The van der Waals surface area contributed by atoms with E-state index in [1.54, 1.807) is 0 Å². The fourth-order valence-corrected chi connectivity index (χ4v) is 1.92. The average Bonchev–Trinajstić information content (AvgIpc) is 2.62. The molecule has 5 heteroatoms. The van der Waals surface area contributed by atoms with E-state index in [0.29, 0.717) is 6.54 Å². The average molecular weight is 230 g/mol. The second-order valence-corrected chi connectivity index (χ2v) is 3.55. The molecule has 0 bridgehead atoms. The van der Waals surface area contributed by atoms with Gasteiger partial charge in [-0.15, -0.1) is 12.4 Å². The molecular weight excluding hydrogens is 218 g/mol. The molecule has 3 rings (SSSR count). The standard InChI is InChI=1S/C10H11NO3.ClH/c12-8-4-11-3-6-1-9-10(2-7(6)8)14-5-13-9;/h1-2,8,11-12H,3-5H2;1H. The lowest BCUT2D eigenvalue weighted by Crippen LogP contribution is -2.27. The molecule has 0 spiro atoms. The van der Waals surface area contributed by atoms with Crippen molar-refractivity contribution in [3.05, 3.63) is 23.3 Å². The summed E-state index contributed by atoms with van der Waals surface area (Å²) in [7, 11) is 0. The Morgan fingerprint density at radius 3 is 2.80 bits per heavy atom. The Hall–Kier alpha value is -0.970. The number of hydrogen-bond donors (Lipinski definition) is 2. The molecule has 0 radical (unpaired) electrons. The minimum Gasteiger partial charge on any atom is -0.454 e. The van der Waals surface area contributed by atoms with Gasteiger partial charge in [0.2, 0.25) is 6.79 Å². The molecule has 0 saturated heterocycles. The topological polar surface area (TPSA) is 50.7 Å². The van der Waals surface area contributed by atoms with E-state index in [1.807, 2.05) is 12.1 Å². The Kier molecular flexibility index (Phi) is 2.73. The van der Waals surface area contributed by atoms with E-state index in [-0.39, 0.29) is 19.2 Å². The Morgan fingerprint density at radius 1 is 1.27 bits per heavy atom. The molecule has 2 N–H and O–H groups in total. The highest BCUT2D eigenvalue weighted by Gasteiger charge is 2.23. The van der Waals surface area contributed by atoms with Gasteiger partial charge in [-0.25, -0.2) is 0 Å². The smallest absolute Gasteiger partial charge is 0.231 e. The van der Waals surface area contributed by atoms with Crippen LogP contribution in [0, 0.1) is 0 Å². The number of ether oxygens (including phenoxy) is 2. The molecule has 2 aliphatic rings. The van der Waals surface area contributed by atoms with Crippen LogP contribution in [-0.4, -0.2) is 18.4 Å². The third-order valence-corrected chi connectivity index (χ3v) is 2.65. The molecule has 4 nitrogen and oxygen atoms in total. The van der Waals surface area contributed by atoms with Crippen molar-refractivity contribution in [1.82, 2.24) is 5.32 Å². The molecule has 15 heavy (non-hydrogen) atoms. The van der Waals surface area contributed by atoms with Gasteiger partial charge in [0.1, 0.15) is 0 Å². The summed E-state index contributed by atoms with van der Waals surface area (Å²) in [5.74, 6) is 1.52. The number of halogens is 1. The zero-order valence-electron chi connectivity index (χ0n) is 8.03. The summed E-state index contributed by atoms with van der Waals surface area (Å²) in [6, 6.07) is 3.82. The van der Waals surface area contributed by atoms with E-state index < -0.39 is 6.10 Å². The summed E-state index contributed by atoms with van der Waals surface area (Å²) >= 11 is 0. The van der Waals surface area contributed by atoms with Crippen LogP contribution in [0.5, 0.6) is 11.5 Å². The van der Waals surface area contributed by atoms with Crippen LogP contribution in [0.3, 0.4) is 0 Å². The van der Waals surface area contributed by atoms with Gasteiger partial charge in [-0.2, -0.15) is 0 Å². The lowest BCUT2D eigenvalue weighted by Gasteiger charge is -2.22. The zero-order valence-corrected chi connectivity index (χ0v) is 8.84. The number of β-amino-alcohol motifs (C(OH)–C–C–N with tert-alkyl or cyclic N) is 1. The van der Waals surface area contributed by atoms with Crippen molar-refractivity contribution in [2.24, 2.45) is 0 Å². The number of nitrogens with one attached hydrogen (secondary N) is 1. The van der Waals surface area contributed by atoms with Crippen molar-refractivity contribution in [2.45, 2.75) is 12.6 Å². The van der Waals surface area contributed by atoms with Crippen LogP contribution in [0.4, 0.5) is 0 Å². The van der Waals surface area contributed by atoms with Crippen LogP contribution >= 0.6 is 12.4 Å². The van der Waals surface area contributed by atoms with Gasteiger partial charge in [-0.05, 0) is 23.3 Å². The summed E-state index contributed by atoms with van der Waals surface area (Å²) < 4.78 is 10.5. The van der Waals surface area contributed by atoms with E-state index in [1.165, 1.54) is 0 Å². The van der Waals surface area contributed by atoms with Gasteiger partial charge in [0.15, 0.2) is 11.5 Å². The molecule has 1 atom stereocenters. The van der Waals surface area contributed by atoms with Gasteiger partial charge in [0, 0.05) is 13.1 Å². The highest BCUT2D eigenvalue weighted by molar-refractivity contribution is 5.85. The predicted molar refractivity (Wildman–Crippen MR) is 56.5 cm³/mol. The van der Waals surface area contributed by atoms with Crippen LogP contribution in [0.1, 0.15) is 17.2 Å². The largest absolute Gasteiger partial charge is 0.454 e. The SMILES string of the molecule is Cl.OC1CNCc2cc3c(cc21)OCO3. The second-order valence-electron chi connectivity index (χ2n) is 3.55. The van der Waals surface area contributed by atoms with Crippen LogP contribution in [-0.2, 0) is 6.54 Å². The van der Waals surface area contributed by atoms with E-state index in [9.17, 15) is 5.11 Å². The maximum atomic E-state index is 9.73. The van der Waals surface area contributed by atoms with E-state index in [4.69, 9.17) is 9.47 Å². The quantitative estimate of drug-likeness (QED) is 0.696. The molecule has 2 heterocycles. The minimum atomic E-state index is -0.437. The van der Waals surface area contributed by atoms with Crippen LogP contribution in [0.25, 0.3) is 0 Å². The van der Waals surface area contributed by atoms with E-state index in [2.05, 4.69) is 5.32 Å². The second kappa shape index (κ2) is 3.89. The molecule has 0 aliphatic carbocycles. The first-order chi connectivity index (χ1) is 6.84. The lowest BCUT2D eigenvalue weighted by atomic mass is 9.98. The maximum absolute atomic E-state index is 9.73. The summed E-state index contributed by atoms with van der Waals surface area (Å²) in [6.07, 6.45) is -0.437. The lowest BCUT2D eigenvalue weighted by molar-refractivity contribution is 0.164. The fourth-order valence-electron chi connectivity index (χ4n) is 1.92. The van der Waals surface area contributed by atoms with E-state index >= 15 is 0 Å². The van der Waals surface area contributed by atoms with Crippen molar-refractivity contribution in [2.75, 3.05) is 13.3 Å². The summed E-state index contributed by atoms with van der Waals surface area (Å²) in [5, 5.41) is 12.9. The number of hydrogen-bond acceptors (Lipinski definition) is 4. The van der Waals surface area contributed by atoms with Crippen molar-refractivity contribution >= 4 is 12.4 Å². The van der Waals surface area contributed by atoms with Crippen LogP contribution < -0.4 is 14.8 Å². The van der Waals surface area contributed by atoms with Gasteiger partial charge in [-0.3, -0.25) is 0 Å². The van der Waals surface area contributed by atoms with Gasteiger partial charge in [-0.1, -0.05) is 0 Å². The molecule has 1 aromatic carbocycles. The van der Waals surface area contributed by atoms with Gasteiger partial charge in [0.25, 0.3) is 0 Å². The molecule has 1 unspecified atom stereocenters. The first kappa shape index (κ1) is 10.5. The Bertz CT molecular complexity index is 383. The van der Waals surface area contributed by atoms with E-state index in [0.717, 1.165) is 29.2 Å². The van der Waals surface area contributed by atoms with Crippen molar-refractivity contribution in [3.8, 4) is 11.5 Å². The highest BCUT2D eigenvalue weighted by Crippen LogP contribution is 2.37. The van der Waals surface area contributed by atoms with Crippen molar-refractivity contribution < 1.29 is 14.6 Å². The molecule has 0 amide bonds. The van der Waals surface area contributed by atoms with Crippen molar-refractivity contribution in [1.29, 1.82) is 0 Å². The summed E-state index contributed by atoms with van der Waals surface area (Å²) in [6.45, 7) is 1.66. The van der Waals surface area contributed by atoms with Crippen molar-refractivity contribution in [3.63, 3.8) is 0 Å². The fraction of sp³-hybridized carbons (Fsp3) is 0.400. The molecule has 0 aromatic heterocycles. The Morgan fingerprint density at radius 2 is 2.00 bits per heavy atom. The number of fused-ring (bicyclic) bond motifs is 2. The molecular formula is C10H12ClNO3. The first-order valence-corrected chi connectivity index (χ1v) is 4.66. The normalized spacial score (nSPS) is 21.8. The molecule has 0 saturated carbocycles. The van der Waals surface area contributed by atoms with Gasteiger partial charge < -0.3 is 19.9 Å². The summed E-state index contributed by atoms with van der Waals surface area (Å²) in [5.41, 5.74) is 2.04. The monoisotopic (exact) mass is 229 g/mol. The molecule has 2 aliphatic heterocycles. The van der Waals surface area contributed by atoms with Gasteiger partial charge >= 0.3 is 0 Å². The van der Waals surface area contributed by atoms with Crippen LogP contribution in [0.2, 0.25) is 0 Å². The van der Waals surface area contributed by atoms with Crippen LogP contribution in [0.15, 0.2) is 12.1 Å². The number of benzene rings is 1. The van der Waals surface area contributed by atoms with Gasteiger partial charge in [0.05, 0.1) is 6.10 Å². The maximum Gasteiger partial charge on any atom is 0.231 e. The zero-order chi connectivity index (χ0) is 9.54. The molecule has 82 valence electrons.